The van der Waals surface area contributed by atoms with Crippen LogP contribution in [0, 0.1) is 7.43 Å². The molecule has 0 saturated carbocycles. The topological polar surface area (TPSA) is 0 Å². The van der Waals surface area contributed by atoms with Crippen LogP contribution in [-0.2, 0) is 26.2 Å². The number of hydrogen-bond donors (Lipinski definition) is 0. The largest absolute Gasteiger partial charge is 4.00 e. The summed E-state index contributed by atoms with van der Waals surface area (Å²) in [5, 5.41) is 0. The summed E-state index contributed by atoms with van der Waals surface area (Å²) in [6.45, 7) is 0. The molecule has 3 rings (SSSR count). The van der Waals surface area contributed by atoms with Gasteiger partial charge in [0.1, 0.15) is 0 Å². The van der Waals surface area contributed by atoms with Crippen LogP contribution in [-0.4, -0.2) is 0 Å². The van der Waals surface area contributed by atoms with Gasteiger partial charge in [0.05, 0.1) is 0 Å². The van der Waals surface area contributed by atoms with Crippen LogP contribution in [0.3, 0.4) is 0 Å². The summed E-state index contributed by atoms with van der Waals surface area (Å²) in [5.74, 6) is 0. The molecule has 0 fully saturated rings. The zero-order valence-electron chi connectivity index (χ0n) is 10.2. The van der Waals surface area contributed by atoms with E-state index in [9.17, 15) is 0 Å². The molecule has 0 spiro atoms. The van der Waals surface area contributed by atoms with E-state index < -0.39 is 0 Å². The first-order valence-corrected chi connectivity index (χ1v) is 5.00. The molecular formula is C16H18Zr. The monoisotopic (exact) mass is 300 g/mol. The van der Waals surface area contributed by atoms with E-state index in [2.05, 4.69) is 0 Å². The van der Waals surface area contributed by atoms with E-state index in [0.717, 1.165) is 0 Å². The molecule has 0 atom stereocenters. The van der Waals surface area contributed by atoms with Gasteiger partial charge < -0.3 is 7.43 Å². The van der Waals surface area contributed by atoms with Crippen molar-refractivity contribution in [3.8, 4) is 0 Å². The molecule has 0 bridgehead atoms. The first-order valence-electron chi connectivity index (χ1n) is 5.00. The SMILES string of the molecule is [CH3-].[Zr+4].c1cc[cH-]c1.c1cc[cH-]c1.c1cc[cH-]c1. The fraction of sp³-hybridized carbons (Fsp3) is 0. The van der Waals surface area contributed by atoms with Gasteiger partial charge in [0, 0.05) is 0 Å². The Hall–Kier alpha value is -1.07. The van der Waals surface area contributed by atoms with Crippen molar-refractivity contribution in [2.24, 2.45) is 0 Å². The standard InChI is InChI=1S/3C5H5.CH3.Zr/c3*1-2-4-5-3-1;;/h3*1-5H;1H3;/q4*-1;+4. The maximum atomic E-state index is 2.00. The zero-order valence-corrected chi connectivity index (χ0v) is 12.6. The van der Waals surface area contributed by atoms with Gasteiger partial charge in [0.2, 0.25) is 0 Å². The minimum atomic E-state index is 0. The Labute approximate surface area is 124 Å². The molecule has 0 aromatic heterocycles. The third-order valence-corrected chi connectivity index (χ3v) is 1.67. The molecule has 3 aromatic rings. The van der Waals surface area contributed by atoms with Gasteiger partial charge in [-0.25, -0.2) is 36.4 Å². The molecule has 86 valence electrons. The van der Waals surface area contributed by atoms with E-state index >= 15 is 0 Å². The van der Waals surface area contributed by atoms with E-state index in [1.807, 2.05) is 91.0 Å². The quantitative estimate of drug-likeness (QED) is 0.530. The van der Waals surface area contributed by atoms with Crippen molar-refractivity contribution in [2.75, 3.05) is 0 Å². The Balaban J connectivity index is 0. The second-order valence-corrected chi connectivity index (χ2v) is 2.89. The van der Waals surface area contributed by atoms with Crippen LogP contribution < -0.4 is 0 Å². The predicted octanol–water partition coefficient (Wildman–Crippen LogP) is 4.66. The molecule has 0 N–H and O–H groups in total. The van der Waals surface area contributed by atoms with Crippen molar-refractivity contribution >= 4 is 0 Å². The van der Waals surface area contributed by atoms with Crippen molar-refractivity contribution in [2.45, 2.75) is 0 Å². The predicted molar refractivity (Wildman–Crippen MR) is 72.5 cm³/mol. The van der Waals surface area contributed by atoms with Crippen molar-refractivity contribution in [1.29, 1.82) is 0 Å². The van der Waals surface area contributed by atoms with Gasteiger partial charge in [-0.15, -0.1) is 0 Å². The van der Waals surface area contributed by atoms with Crippen LogP contribution in [0.1, 0.15) is 0 Å². The maximum Gasteiger partial charge on any atom is 4.00 e. The van der Waals surface area contributed by atoms with Crippen LogP contribution in [0.5, 0.6) is 0 Å². The zero-order chi connectivity index (χ0) is 10.6. The van der Waals surface area contributed by atoms with Crippen molar-refractivity contribution in [1.82, 2.24) is 0 Å². The van der Waals surface area contributed by atoms with Crippen molar-refractivity contribution in [3.63, 3.8) is 0 Å². The van der Waals surface area contributed by atoms with Crippen LogP contribution >= 0.6 is 0 Å². The van der Waals surface area contributed by atoms with Crippen LogP contribution in [0.4, 0.5) is 0 Å². The van der Waals surface area contributed by atoms with E-state index in [1.54, 1.807) is 0 Å². The minimum Gasteiger partial charge on any atom is -0.358 e. The molecule has 0 aliphatic rings. The second kappa shape index (κ2) is 14.9. The summed E-state index contributed by atoms with van der Waals surface area (Å²) < 4.78 is 0. The van der Waals surface area contributed by atoms with Gasteiger partial charge >= 0.3 is 26.2 Å². The van der Waals surface area contributed by atoms with E-state index in [0.29, 0.717) is 0 Å². The third-order valence-electron chi connectivity index (χ3n) is 1.67. The maximum absolute atomic E-state index is 2.00. The van der Waals surface area contributed by atoms with Gasteiger partial charge in [-0.3, -0.25) is 0 Å². The average molecular weight is 302 g/mol. The smallest absolute Gasteiger partial charge is 0.358 e. The van der Waals surface area contributed by atoms with Crippen molar-refractivity contribution in [3.05, 3.63) is 98.4 Å². The minimum absolute atomic E-state index is 0. The van der Waals surface area contributed by atoms with Gasteiger partial charge in [0.25, 0.3) is 0 Å². The Morgan fingerprint density at radius 3 is 0.647 bits per heavy atom. The molecule has 0 amide bonds. The van der Waals surface area contributed by atoms with Crippen LogP contribution in [0.2, 0.25) is 0 Å². The summed E-state index contributed by atoms with van der Waals surface area (Å²) >= 11 is 0. The van der Waals surface area contributed by atoms with Gasteiger partial charge in [-0.2, -0.15) is 54.6 Å². The summed E-state index contributed by atoms with van der Waals surface area (Å²) in [5.41, 5.74) is 0. The molecule has 1 heteroatoms. The molecule has 17 heavy (non-hydrogen) atoms. The van der Waals surface area contributed by atoms with E-state index in [-0.39, 0.29) is 33.6 Å². The summed E-state index contributed by atoms with van der Waals surface area (Å²) in [7, 11) is 0. The summed E-state index contributed by atoms with van der Waals surface area (Å²) in [6.07, 6.45) is 0. The number of rotatable bonds is 0. The Morgan fingerprint density at radius 1 is 0.412 bits per heavy atom. The molecule has 3 aromatic carbocycles. The van der Waals surface area contributed by atoms with E-state index in [1.165, 1.54) is 0 Å². The Morgan fingerprint density at radius 2 is 0.588 bits per heavy atom. The first kappa shape index (κ1) is 18.3. The normalized spacial score (nSPS) is 7.06. The first-order chi connectivity index (χ1) is 7.50. The fourth-order valence-electron chi connectivity index (χ4n) is 0.962. The molecule has 0 nitrogen and oxygen atoms in total. The summed E-state index contributed by atoms with van der Waals surface area (Å²) in [4.78, 5) is 0. The van der Waals surface area contributed by atoms with E-state index in [4.69, 9.17) is 0 Å². The number of hydrogen-bond acceptors (Lipinski definition) is 0. The molecule has 0 radical (unpaired) electrons. The average Bonchev–Trinajstić information content (AvgIpc) is 3.09. The molecule has 0 saturated heterocycles. The molecular weight excluding hydrogens is 283 g/mol. The van der Waals surface area contributed by atoms with Gasteiger partial charge in [-0.1, -0.05) is 0 Å². The molecule has 0 aliphatic heterocycles. The molecule has 0 aliphatic carbocycles. The van der Waals surface area contributed by atoms with Gasteiger partial charge in [0.15, 0.2) is 0 Å². The van der Waals surface area contributed by atoms with Crippen molar-refractivity contribution < 1.29 is 26.2 Å². The fourth-order valence-corrected chi connectivity index (χ4v) is 0.962. The summed E-state index contributed by atoms with van der Waals surface area (Å²) in [6, 6.07) is 30.0. The Kier molecular flexibility index (Phi) is 16.1. The van der Waals surface area contributed by atoms with Gasteiger partial charge in [-0.05, 0) is 0 Å². The molecule has 0 heterocycles. The van der Waals surface area contributed by atoms with Crippen LogP contribution in [0.15, 0.2) is 91.0 Å². The third kappa shape index (κ3) is 12.9. The molecule has 0 unspecified atom stereocenters. The Bertz CT molecular complexity index is 237. The second-order valence-electron chi connectivity index (χ2n) is 2.89. The van der Waals surface area contributed by atoms with Crippen LogP contribution in [0.25, 0.3) is 0 Å².